The molecule has 0 bridgehead atoms. The van der Waals surface area contributed by atoms with Crippen LogP contribution < -0.4 is 10.1 Å². The number of carbonyl (C=O) groups is 1. The van der Waals surface area contributed by atoms with Crippen molar-refractivity contribution in [3.8, 4) is 11.8 Å². The summed E-state index contributed by atoms with van der Waals surface area (Å²) in [6, 6.07) is 19.3. The third-order valence-corrected chi connectivity index (χ3v) is 5.59. The van der Waals surface area contributed by atoms with Gasteiger partial charge in [-0.05, 0) is 54.1 Å². The van der Waals surface area contributed by atoms with Crippen molar-refractivity contribution in [2.24, 2.45) is 0 Å². The Morgan fingerprint density at radius 3 is 2.29 bits per heavy atom. The van der Waals surface area contributed by atoms with Crippen molar-refractivity contribution in [1.82, 2.24) is 0 Å². The second kappa shape index (κ2) is 10.7. The molecule has 0 saturated heterocycles. The van der Waals surface area contributed by atoms with Gasteiger partial charge in [0.15, 0.2) is 5.75 Å². The van der Waals surface area contributed by atoms with Gasteiger partial charge in [0.1, 0.15) is 18.2 Å². The first-order valence-electron chi connectivity index (χ1n) is 8.91. The van der Waals surface area contributed by atoms with Gasteiger partial charge >= 0.3 is 0 Å². The van der Waals surface area contributed by atoms with E-state index in [-0.39, 0.29) is 22.2 Å². The summed E-state index contributed by atoms with van der Waals surface area (Å²) < 4.78 is 6.62. The normalized spacial score (nSPS) is 11.0. The van der Waals surface area contributed by atoms with Crippen molar-refractivity contribution in [3.63, 3.8) is 0 Å². The minimum atomic E-state index is -0.545. The van der Waals surface area contributed by atoms with Gasteiger partial charge in [0.2, 0.25) is 0 Å². The summed E-state index contributed by atoms with van der Waals surface area (Å²) in [5.74, 6) is -0.255. The number of anilines is 1. The van der Waals surface area contributed by atoms with E-state index in [1.165, 1.54) is 6.08 Å². The molecule has 0 saturated carbocycles. The summed E-state index contributed by atoms with van der Waals surface area (Å²) in [7, 11) is 0. The van der Waals surface area contributed by atoms with E-state index in [0.717, 1.165) is 10.0 Å². The SMILES string of the molecule is N#C/C(=C/c1cc(Cl)c(OCc2ccccc2Cl)c(Cl)c1)C(=O)Nc1ccc(Br)cc1. The van der Waals surface area contributed by atoms with Crippen LogP contribution in [-0.4, -0.2) is 5.91 Å². The first-order valence-corrected chi connectivity index (χ1v) is 10.8. The number of amides is 1. The van der Waals surface area contributed by atoms with E-state index in [0.29, 0.717) is 22.0 Å². The Morgan fingerprint density at radius 2 is 1.68 bits per heavy atom. The summed E-state index contributed by atoms with van der Waals surface area (Å²) in [6.07, 6.45) is 1.41. The highest BCUT2D eigenvalue weighted by Crippen LogP contribution is 2.36. The molecule has 0 fully saturated rings. The molecule has 0 radical (unpaired) electrons. The van der Waals surface area contributed by atoms with Gasteiger partial charge in [-0.3, -0.25) is 4.79 Å². The molecular formula is C23H14BrCl3N2O2. The van der Waals surface area contributed by atoms with Gasteiger partial charge in [0.05, 0.1) is 10.0 Å². The lowest BCUT2D eigenvalue weighted by Gasteiger charge is -2.12. The predicted molar refractivity (Wildman–Crippen MR) is 129 cm³/mol. The zero-order chi connectivity index (χ0) is 22.4. The smallest absolute Gasteiger partial charge is 0.266 e. The van der Waals surface area contributed by atoms with Crippen LogP contribution in [0.15, 0.2) is 70.7 Å². The molecule has 0 aliphatic carbocycles. The molecule has 0 atom stereocenters. The van der Waals surface area contributed by atoms with Gasteiger partial charge in [0, 0.05) is 20.7 Å². The molecule has 0 spiro atoms. The van der Waals surface area contributed by atoms with E-state index in [1.54, 1.807) is 42.5 Å². The zero-order valence-corrected chi connectivity index (χ0v) is 19.7. The molecule has 4 nitrogen and oxygen atoms in total. The van der Waals surface area contributed by atoms with Crippen molar-refractivity contribution < 1.29 is 9.53 Å². The Kier molecular flexibility index (Phi) is 8.00. The molecule has 3 aromatic rings. The van der Waals surface area contributed by atoms with Crippen LogP contribution in [-0.2, 0) is 11.4 Å². The molecule has 8 heteroatoms. The number of ether oxygens (including phenoxy) is 1. The third kappa shape index (κ3) is 6.25. The molecule has 0 aliphatic heterocycles. The molecule has 156 valence electrons. The fourth-order valence-corrected chi connectivity index (χ4v) is 3.68. The van der Waals surface area contributed by atoms with Crippen LogP contribution in [0.3, 0.4) is 0 Å². The highest BCUT2D eigenvalue weighted by Gasteiger charge is 2.13. The number of hydrogen-bond donors (Lipinski definition) is 1. The Morgan fingerprint density at radius 1 is 1.03 bits per heavy atom. The van der Waals surface area contributed by atoms with Crippen LogP contribution in [0.2, 0.25) is 15.1 Å². The topological polar surface area (TPSA) is 62.1 Å². The second-order valence-corrected chi connectivity index (χ2v) is 8.46. The van der Waals surface area contributed by atoms with E-state index in [9.17, 15) is 10.1 Å². The van der Waals surface area contributed by atoms with Gasteiger partial charge < -0.3 is 10.1 Å². The standard InChI is InChI=1S/C23H14BrCl3N2O2/c24-17-5-7-18(8-6-17)29-23(30)16(12-28)9-14-10-20(26)22(21(27)11-14)31-13-15-3-1-2-4-19(15)25/h1-11H,13H2,(H,29,30)/b16-9-. The fraction of sp³-hybridized carbons (Fsp3) is 0.0435. The summed E-state index contributed by atoms with van der Waals surface area (Å²) in [5, 5.41) is 13.2. The molecule has 1 N–H and O–H groups in total. The summed E-state index contributed by atoms with van der Waals surface area (Å²) in [6.45, 7) is 0.188. The van der Waals surface area contributed by atoms with Crippen molar-refractivity contribution in [2.75, 3.05) is 5.32 Å². The number of halogens is 4. The Bertz CT molecular complexity index is 1170. The number of benzene rings is 3. The lowest BCUT2D eigenvalue weighted by molar-refractivity contribution is -0.112. The quantitative estimate of drug-likeness (QED) is 0.262. The predicted octanol–water partition coefficient (Wildman–Crippen LogP) is 7.53. The first kappa shape index (κ1) is 23.2. The maximum Gasteiger partial charge on any atom is 0.266 e. The average molecular weight is 537 g/mol. The van der Waals surface area contributed by atoms with E-state index in [2.05, 4.69) is 21.2 Å². The number of carbonyl (C=O) groups excluding carboxylic acids is 1. The lowest BCUT2D eigenvalue weighted by atomic mass is 10.1. The van der Waals surface area contributed by atoms with Crippen molar-refractivity contribution in [1.29, 1.82) is 5.26 Å². The van der Waals surface area contributed by atoms with Crippen LogP contribution in [0.4, 0.5) is 5.69 Å². The van der Waals surface area contributed by atoms with Crippen LogP contribution in [0.1, 0.15) is 11.1 Å². The highest BCUT2D eigenvalue weighted by atomic mass is 79.9. The molecule has 1 amide bonds. The minimum absolute atomic E-state index is 0.0974. The molecular weight excluding hydrogens is 523 g/mol. The fourth-order valence-electron chi connectivity index (χ4n) is 2.61. The monoisotopic (exact) mass is 534 g/mol. The van der Waals surface area contributed by atoms with E-state index in [1.807, 2.05) is 24.3 Å². The van der Waals surface area contributed by atoms with Crippen molar-refractivity contribution in [3.05, 3.63) is 96.9 Å². The number of nitrogens with one attached hydrogen (secondary N) is 1. The first-order chi connectivity index (χ1) is 14.9. The zero-order valence-electron chi connectivity index (χ0n) is 15.8. The van der Waals surface area contributed by atoms with Gasteiger partial charge in [-0.1, -0.05) is 68.9 Å². The Labute approximate surface area is 203 Å². The van der Waals surface area contributed by atoms with Crippen LogP contribution >= 0.6 is 50.7 Å². The van der Waals surface area contributed by atoms with Gasteiger partial charge in [-0.2, -0.15) is 5.26 Å². The number of nitrogens with zero attached hydrogens (tertiary/aromatic N) is 1. The van der Waals surface area contributed by atoms with Crippen LogP contribution in [0.5, 0.6) is 5.75 Å². The molecule has 0 aliphatic rings. The highest BCUT2D eigenvalue weighted by molar-refractivity contribution is 9.10. The van der Waals surface area contributed by atoms with Gasteiger partial charge in [-0.15, -0.1) is 0 Å². The van der Waals surface area contributed by atoms with Crippen molar-refractivity contribution in [2.45, 2.75) is 6.61 Å². The third-order valence-electron chi connectivity index (χ3n) is 4.13. The number of nitriles is 1. The molecule has 3 rings (SSSR count). The van der Waals surface area contributed by atoms with E-state index < -0.39 is 5.91 Å². The number of hydrogen-bond acceptors (Lipinski definition) is 3. The average Bonchev–Trinajstić information content (AvgIpc) is 2.74. The van der Waals surface area contributed by atoms with E-state index in [4.69, 9.17) is 39.5 Å². The van der Waals surface area contributed by atoms with Crippen LogP contribution in [0, 0.1) is 11.3 Å². The van der Waals surface area contributed by atoms with Gasteiger partial charge in [0.25, 0.3) is 5.91 Å². The number of rotatable bonds is 6. The summed E-state index contributed by atoms with van der Waals surface area (Å²) in [5.41, 5.74) is 1.74. The Balaban J connectivity index is 1.77. The van der Waals surface area contributed by atoms with Crippen molar-refractivity contribution >= 4 is 68.4 Å². The molecule has 31 heavy (non-hydrogen) atoms. The Hall–Kier alpha value is -2.49. The molecule has 0 unspecified atom stereocenters. The largest absolute Gasteiger partial charge is 0.486 e. The molecule has 0 heterocycles. The maximum atomic E-state index is 12.4. The van der Waals surface area contributed by atoms with Gasteiger partial charge in [-0.25, -0.2) is 0 Å². The molecule has 0 aromatic heterocycles. The lowest BCUT2D eigenvalue weighted by Crippen LogP contribution is -2.13. The second-order valence-electron chi connectivity index (χ2n) is 6.32. The summed E-state index contributed by atoms with van der Waals surface area (Å²) in [4.78, 5) is 12.4. The summed E-state index contributed by atoms with van der Waals surface area (Å²) >= 11 is 22.1. The van der Waals surface area contributed by atoms with Crippen LogP contribution in [0.25, 0.3) is 6.08 Å². The minimum Gasteiger partial charge on any atom is -0.486 e. The van der Waals surface area contributed by atoms with E-state index >= 15 is 0 Å². The maximum absolute atomic E-state index is 12.4. The molecule has 3 aromatic carbocycles.